The lowest BCUT2D eigenvalue weighted by Gasteiger charge is -2.04. The molecule has 19 heavy (non-hydrogen) atoms. The molecule has 2 rings (SSSR count). The first kappa shape index (κ1) is 13.1. The van der Waals surface area contributed by atoms with Crippen LogP contribution in [0.2, 0.25) is 0 Å². The summed E-state index contributed by atoms with van der Waals surface area (Å²) in [7, 11) is 0. The second-order valence-electron chi connectivity index (χ2n) is 4.01. The van der Waals surface area contributed by atoms with Gasteiger partial charge in [0.1, 0.15) is 0 Å². The van der Waals surface area contributed by atoms with Crippen molar-refractivity contribution in [3.8, 4) is 5.88 Å². The molecule has 3 heteroatoms. The molecular weight excluding hydrogens is 236 g/mol. The summed E-state index contributed by atoms with van der Waals surface area (Å²) in [6.45, 7) is 3.35. The zero-order valence-electron chi connectivity index (χ0n) is 11.0. The van der Waals surface area contributed by atoms with Crippen molar-refractivity contribution in [1.29, 1.82) is 0 Å². The van der Waals surface area contributed by atoms with E-state index in [4.69, 9.17) is 4.74 Å². The highest BCUT2D eigenvalue weighted by Gasteiger charge is 1.94. The largest absolute Gasteiger partial charge is 0.478 e. The van der Waals surface area contributed by atoms with Gasteiger partial charge in [-0.15, -0.1) is 0 Å². The van der Waals surface area contributed by atoms with E-state index in [-0.39, 0.29) is 0 Å². The fraction of sp³-hybridized carbons (Fsp3) is 0.188. The van der Waals surface area contributed by atoms with Crippen LogP contribution in [0.25, 0.3) is 6.08 Å². The van der Waals surface area contributed by atoms with E-state index in [2.05, 4.69) is 34.6 Å². The van der Waals surface area contributed by atoms with Gasteiger partial charge in [0.2, 0.25) is 5.88 Å². The van der Waals surface area contributed by atoms with Gasteiger partial charge in [-0.2, -0.15) is 0 Å². The molecule has 0 spiro atoms. The molecule has 0 aliphatic rings. The van der Waals surface area contributed by atoms with Crippen molar-refractivity contribution in [3.05, 3.63) is 60.3 Å². The highest BCUT2D eigenvalue weighted by atomic mass is 16.5. The molecule has 0 unspecified atom stereocenters. The second kappa shape index (κ2) is 7.21. The zero-order chi connectivity index (χ0) is 13.3. The Hall–Kier alpha value is -2.29. The van der Waals surface area contributed by atoms with Crippen molar-refractivity contribution in [1.82, 2.24) is 4.98 Å². The third kappa shape index (κ3) is 4.47. The van der Waals surface area contributed by atoms with Crippen molar-refractivity contribution in [3.63, 3.8) is 0 Å². The lowest BCUT2D eigenvalue weighted by atomic mass is 10.2. The van der Waals surface area contributed by atoms with Gasteiger partial charge in [0.05, 0.1) is 18.5 Å². The van der Waals surface area contributed by atoms with Gasteiger partial charge in [-0.25, -0.2) is 4.98 Å². The first-order valence-corrected chi connectivity index (χ1v) is 6.43. The monoisotopic (exact) mass is 254 g/mol. The SMILES string of the molecule is CCOc1ccc(NCC=Cc2ccccc2)cn1. The predicted octanol–water partition coefficient (Wildman–Crippen LogP) is 3.61. The molecule has 0 bridgehead atoms. The first-order chi connectivity index (χ1) is 9.38. The average molecular weight is 254 g/mol. The molecule has 1 N–H and O–H groups in total. The Morgan fingerprint density at radius 3 is 2.68 bits per heavy atom. The van der Waals surface area contributed by atoms with Crippen molar-refractivity contribution in [2.45, 2.75) is 6.92 Å². The standard InChI is InChI=1S/C16H18N2O/c1-2-19-16-11-10-15(13-18-16)17-12-6-9-14-7-4-3-5-8-14/h3-11,13,17H,2,12H2,1H3. The number of benzene rings is 1. The normalized spacial score (nSPS) is 10.6. The smallest absolute Gasteiger partial charge is 0.213 e. The number of pyridine rings is 1. The highest BCUT2D eigenvalue weighted by Crippen LogP contribution is 2.11. The van der Waals surface area contributed by atoms with Crippen LogP contribution in [0.3, 0.4) is 0 Å². The van der Waals surface area contributed by atoms with Gasteiger partial charge in [-0.05, 0) is 18.6 Å². The van der Waals surface area contributed by atoms with Crippen LogP contribution < -0.4 is 10.1 Å². The predicted molar refractivity (Wildman–Crippen MR) is 79.4 cm³/mol. The average Bonchev–Trinajstić information content (AvgIpc) is 2.47. The maximum atomic E-state index is 5.29. The fourth-order valence-electron chi connectivity index (χ4n) is 1.65. The van der Waals surface area contributed by atoms with Crippen LogP contribution >= 0.6 is 0 Å². The minimum atomic E-state index is 0.638. The van der Waals surface area contributed by atoms with Crippen molar-refractivity contribution in [2.75, 3.05) is 18.5 Å². The third-order valence-corrected chi connectivity index (χ3v) is 2.56. The molecule has 0 aliphatic carbocycles. The molecule has 1 aromatic heterocycles. The third-order valence-electron chi connectivity index (χ3n) is 2.56. The number of nitrogens with one attached hydrogen (secondary N) is 1. The van der Waals surface area contributed by atoms with E-state index < -0.39 is 0 Å². The molecule has 0 fully saturated rings. The second-order valence-corrected chi connectivity index (χ2v) is 4.01. The van der Waals surface area contributed by atoms with Gasteiger partial charge in [-0.3, -0.25) is 0 Å². The van der Waals surface area contributed by atoms with Gasteiger partial charge in [-0.1, -0.05) is 42.5 Å². The summed E-state index contributed by atoms with van der Waals surface area (Å²) < 4.78 is 5.29. The summed E-state index contributed by atoms with van der Waals surface area (Å²) in [6, 6.07) is 14.1. The molecule has 1 aromatic carbocycles. The number of hydrogen-bond acceptors (Lipinski definition) is 3. The molecule has 0 saturated heterocycles. The lowest BCUT2D eigenvalue weighted by molar-refractivity contribution is 0.327. The van der Waals surface area contributed by atoms with E-state index in [9.17, 15) is 0 Å². The van der Waals surface area contributed by atoms with E-state index in [0.717, 1.165) is 12.2 Å². The van der Waals surface area contributed by atoms with Crippen LogP contribution in [0.5, 0.6) is 5.88 Å². The summed E-state index contributed by atoms with van der Waals surface area (Å²) in [5, 5.41) is 3.28. The minimum Gasteiger partial charge on any atom is -0.478 e. The first-order valence-electron chi connectivity index (χ1n) is 6.43. The van der Waals surface area contributed by atoms with E-state index in [1.165, 1.54) is 5.56 Å². The Morgan fingerprint density at radius 2 is 2.00 bits per heavy atom. The van der Waals surface area contributed by atoms with Crippen LogP contribution in [0, 0.1) is 0 Å². The van der Waals surface area contributed by atoms with Gasteiger partial charge < -0.3 is 10.1 Å². The molecule has 0 saturated carbocycles. The number of hydrogen-bond donors (Lipinski definition) is 1. The topological polar surface area (TPSA) is 34.1 Å². The number of aromatic nitrogens is 1. The van der Waals surface area contributed by atoms with E-state index in [1.54, 1.807) is 6.20 Å². The number of ether oxygens (including phenoxy) is 1. The van der Waals surface area contributed by atoms with Crippen molar-refractivity contribution >= 4 is 11.8 Å². The zero-order valence-corrected chi connectivity index (χ0v) is 11.0. The summed E-state index contributed by atoms with van der Waals surface area (Å²) in [5.41, 5.74) is 2.19. The van der Waals surface area contributed by atoms with E-state index >= 15 is 0 Å². The fourth-order valence-corrected chi connectivity index (χ4v) is 1.65. The molecule has 1 heterocycles. The Balaban J connectivity index is 1.81. The van der Waals surface area contributed by atoms with Crippen LogP contribution in [0.1, 0.15) is 12.5 Å². The maximum absolute atomic E-state index is 5.29. The molecule has 98 valence electrons. The van der Waals surface area contributed by atoms with Gasteiger partial charge in [0, 0.05) is 12.6 Å². The molecular formula is C16H18N2O. The number of anilines is 1. The van der Waals surface area contributed by atoms with Gasteiger partial charge >= 0.3 is 0 Å². The quantitative estimate of drug-likeness (QED) is 0.855. The number of nitrogens with zero attached hydrogens (tertiary/aromatic N) is 1. The molecule has 2 aromatic rings. The number of rotatable bonds is 6. The van der Waals surface area contributed by atoms with Crippen LogP contribution in [-0.2, 0) is 0 Å². The van der Waals surface area contributed by atoms with Crippen molar-refractivity contribution in [2.24, 2.45) is 0 Å². The molecule has 0 radical (unpaired) electrons. The summed E-state index contributed by atoms with van der Waals surface area (Å²) in [5.74, 6) is 0.660. The molecule has 3 nitrogen and oxygen atoms in total. The molecule has 0 atom stereocenters. The van der Waals surface area contributed by atoms with Gasteiger partial charge in [0.15, 0.2) is 0 Å². The Morgan fingerprint density at radius 1 is 1.16 bits per heavy atom. The highest BCUT2D eigenvalue weighted by molar-refractivity contribution is 5.50. The molecule has 0 amide bonds. The summed E-state index contributed by atoms with van der Waals surface area (Å²) >= 11 is 0. The summed E-state index contributed by atoms with van der Waals surface area (Å²) in [4.78, 5) is 4.20. The van der Waals surface area contributed by atoms with Crippen LogP contribution in [0.4, 0.5) is 5.69 Å². The van der Waals surface area contributed by atoms with Crippen molar-refractivity contribution < 1.29 is 4.74 Å². The van der Waals surface area contributed by atoms with Crippen LogP contribution in [0.15, 0.2) is 54.7 Å². The minimum absolute atomic E-state index is 0.638. The van der Waals surface area contributed by atoms with Gasteiger partial charge in [0.25, 0.3) is 0 Å². The lowest BCUT2D eigenvalue weighted by Crippen LogP contribution is -1.99. The Kier molecular flexibility index (Phi) is 4.99. The van der Waals surface area contributed by atoms with Crippen LogP contribution in [-0.4, -0.2) is 18.1 Å². The Bertz CT molecular complexity index is 506. The van der Waals surface area contributed by atoms with E-state index in [0.29, 0.717) is 12.5 Å². The molecule has 0 aliphatic heterocycles. The Labute approximate surface area is 114 Å². The summed E-state index contributed by atoms with van der Waals surface area (Å²) in [6.07, 6.45) is 5.96. The van der Waals surface area contributed by atoms with E-state index in [1.807, 2.05) is 37.3 Å². The maximum Gasteiger partial charge on any atom is 0.213 e.